The quantitative estimate of drug-likeness (QED) is 0.306. The topological polar surface area (TPSA) is 116 Å². The minimum atomic E-state index is -4.15. The van der Waals surface area contributed by atoms with Gasteiger partial charge in [-0.2, -0.15) is 5.10 Å². The summed E-state index contributed by atoms with van der Waals surface area (Å²) in [5.41, 5.74) is 3.32. The fraction of sp³-hybridized carbons (Fsp3) is 0.167. The summed E-state index contributed by atoms with van der Waals surface area (Å²) in [6.07, 6.45) is 1.42. The Morgan fingerprint density at radius 3 is 2.44 bits per heavy atom. The van der Waals surface area contributed by atoms with Crippen LogP contribution in [0.3, 0.4) is 0 Å². The number of nitrogens with one attached hydrogen (secondary N) is 1. The van der Waals surface area contributed by atoms with Crippen LogP contribution >= 0.6 is 15.9 Å². The number of sulfonamides is 1. The SMILES string of the molecule is COc1ccc(S(=O)(=O)N(CC(=O)N/N=C\c2cc3c(cc2Br)OCO3)c2ccccc2)cc1OC. The molecule has 12 heteroatoms. The number of halogens is 1. The first-order valence-corrected chi connectivity index (χ1v) is 12.8. The van der Waals surface area contributed by atoms with E-state index in [1.807, 2.05) is 0 Å². The molecule has 36 heavy (non-hydrogen) atoms. The zero-order valence-corrected chi connectivity index (χ0v) is 21.7. The van der Waals surface area contributed by atoms with Crippen molar-refractivity contribution in [3.63, 3.8) is 0 Å². The van der Waals surface area contributed by atoms with Crippen LogP contribution in [0.25, 0.3) is 0 Å². The summed E-state index contributed by atoms with van der Waals surface area (Å²) >= 11 is 3.42. The number of fused-ring (bicyclic) bond motifs is 1. The fourth-order valence-corrected chi connectivity index (χ4v) is 5.25. The van der Waals surface area contributed by atoms with Crippen molar-refractivity contribution < 1.29 is 32.2 Å². The number of methoxy groups -OCH3 is 2. The van der Waals surface area contributed by atoms with Crippen LogP contribution in [0.2, 0.25) is 0 Å². The highest BCUT2D eigenvalue weighted by molar-refractivity contribution is 9.10. The van der Waals surface area contributed by atoms with Gasteiger partial charge in [-0.05, 0) is 52.3 Å². The summed E-state index contributed by atoms with van der Waals surface area (Å²) in [5.74, 6) is 1.14. The predicted octanol–water partition coefficient (Wildman–Crippen LogP) is 3.54. The van der Waals surface area contributed by atoms with Crippen LogP contribution in [0.15, 0.2) is 75.1 Å². The van der Waals surface area contributed by atoms with E-state index in [1.54, 1.807) is 42.5 Å². The molecule has 1 N–H and O–H groups in total. The average molecular weight is 576 g/mol. The molecule has 0 radical (unpaired) electrons. The molecule has 0 bridgehead atoms. The maximum Gasteiger partial charge on any atom is 0.264 e. The molecule has 4 rings (SSSR count). The number of anilines is 1. The van der Waals surface area contributed by atoms with Crippen LogP contribution < -0.4 is 28.7 Å². The second-order valence-corrected chi connectivity index (χ2v) is 10.1. The molecule has 0 saturated carbocycles. The van der Waals surface area contributed by atoms with E-state index in [-0.39, 0.29) is 17.4 Å². The Morgan fingerprint density at radius 2 is 1.75 bits per heavy atom. The van der Waals surface area contributed by atoms with Crippen LogP contribution in [-0.2, 0) is 14.8 Å². The van der Waals surface area contributed by atoms with Gasteiger partial charge in [-0.15, -0.1) is 0 Å². The van der Waals surface area contributed by atoms with Crippen molar-refractivity contribution in [2.24, 2.45) is 5.10 Å². The molecule has 188 valence electrons. The van der Waals surface area contributed by atoms with Gasteiger partial charge < -0.3 is 18.9 Å². The summed E-state index contributed by atoms with van der Waals surface area (Å²) in [6, 6.07) is 16.0. The number of benzene rings is 3. The normalized spacial score (nSPS) is 12.4. The second-order valence-electron chi connectivity index (χ2n) is 7.38. The van der Waals surface area contributed by atoms with E-state index in [0.717, 1.165) is 4.31 Å². The van der Waals surface area contributed by atoms with Crippen LogP contribution in [0, 0.1) is 0 Å². The number of carbonyl (C=O) groups is 1. The zero-order valence-electron chi connectivity index (χ0n) is 19.3. The number of para-hydroxylation sites is 1. The number of carbonyl (C=O) groups excluding carboxylic acids is 1. The van der Waals surface area contributed by atoms with E-state index in [2.05, 4.69) is 26.5 Å². The molecule has 0 aliphatic carbocycles. The van der Waals surface area contributed by atoms with Crippen LogP contribution in [0.5, 0.6) is 23.0 Å². The van der Waals surface area contributed by atoms with Gasteiger partial charge in [-0.25, -0.2) is 13.8 Å². The van der Waals surface area contributed by atoms with Crippen molar-refractivity contribution in [3.8, 4) is 23.0 Å². The van der Waals surface area contributed by atoms with Gasteiger partial charge in [0.15, 0.2) is 23.0 Å². The maximum absolute atomic E-state index is 13.6. The van der Waals surface area contributed by atoms with E-state index < -0.39 is 22.5 Å². The fourth-order valence-electron chi connectivity index (χ4n) is 3.38. The highest BCUT2D eigenvalue weighted by atomic mass is 79.9. The van der Waals surface area contributed by atoms with Crippen molar-refractivity contribution in [1.29, 1.82) is 0 Å². The van der Waals surface area contributed by atoms with Gasteiger partial charge in [-0.1, -0.05) is 18.2 Å². The van der Waals surface area contributed by atoms with Crippen molar-refractivity contribution in [2.45, 2.75) is 4.90 Å². The molecular weight excluding hydrogens is 554 g/mol. The van der Waals surface area contributed by atoms with E-state index in [4.69, 9.17) is 18.9 Å². The number of nitrogens with zero attached hydrogens (tertiary/aromatic N) is 2. The number of hydrogen-bond donors (Lipinski definition) is 1. The third-order valence-corrected chi connectivity index (χ3v) is 7.62. The zero-order chi connectivity index (χ0) is 25.7. The van der Waals surface area contributed by atoms with E-state index in [1.165, 1.54) is 38.6 Å². The molecule has 0 atom stereocenters. The lowest BCUT2D eigenvalue weighted by Gasteiger charge is -2.24. The third-order valence-electron chi connectivity index (χ3n) is 5.16. The second kappa shape index (κ2) is 10.9. The maximum atomic E-state index is 13.6. The molecule has 3 aromatic carbocycles. The highest BCUT2D eigenvalue weighted by Crippen LogP contribution is 2.36. The van der Waals surface area contributed by atoms with E-state index in [9.17, 15) is 13.2 Å². The van der Waals surface area contributed by atoms with Crippen LogP contribution in [-0.4, -0.2) is 48.1 Å². The molecule has 1 heterocycles. The molecule has 3 aromatic rings. The standard InChI is InChI=1S/C24H22BrN3O7S/c1-32-20-9-8-18(11-21(20)33-2)36(30,31)28(17-6-4-3-5-7-17)14-24(29)27-26-13-16-10-22-23(12-19(16)25)35-15-34-22/h3-13H,14-15H2,1-2H3,(H,27,29)/b26-13-. The van der Waals surface area contributed by atoms with Gasteiger partial charge in [0.1, 0.15) is 6.54 Å². The lowest BCUT2D eigenvalue weighted by molar-refractivity contribution is -0.119. The minimum absolute atomic E-state index is 0.0652. The van der Waals surface area contributed by atoms with Crippen molar-refractivity contribution in [2.75, 3.05) is 31.9 Å². The van der Waals surface area contributed by atoms with Gasteiger partial charge in [0.05, 0.1) is 31.0 Å². The highest BCUT2D eigenvalue weighted by Gasteiger charge is 2.28. The molecule has 0 spiro atoms. The molecule has 0 fully saturated rings. The van der Waals surface area contributed by atoms with Gasteiger partial charge in [0, 0.05) is 16.1 Å². The molecule has 0 unspecified atom stereocenters. The lowest BCUT2D eigenvalue weighted by Crippen LogP contribution is -2.39. The number of rotatable bonds is 9. The van der Waals surface area contributed by atoms with Gasteiger partial charge in [0.2, 0.25) is 6.79 Å². The number of hydrogen-bond acceptors (Lipinski definition) is 8. The Balaban J connectivity index is 1.56. The van der Waals surface area contributed by atoms with Crippen LogP contribution in [0.1, 0.15) is 5.56 Å². The molecule has 10 nitrogen and oxygen atoms in total. The molecule has 1 aliphatic heterocycles. The Hall–Kier alpha value is -3.77. The summed E-state index contributed by atoms with van der Waals surface area (Å²) < 4.78 is 49.9. The Bertz CT molecular complexity index is 1400. The Morgan fingerprint density at radius 1 is 1.06 bits per heavy atom. The minimum Gasteiger partial charge on any atom is -0.493 e. The van der Waals surface area contributed by atoms with E-state index in [0.29, 0.717) is 33.0 Å². The number of amides is 1. The monoisotopic (exact) mass is 575 g/mol. The number of ether oxygens (including phenoxy) is 4. The largest absolute Gasteiger partial charge is 0.493 e. The first kappa shape index (κ1) is 25.3. The first-order valence-electron chi connectivity index (χ1n) is 10.5. The first-order chi connectivity index (χ1) is 17.3. The summed E-state index contributed by atoms with van der Waals surface area (Å²) in [4.78, 5) is 12.7. The smallest absolute Gasteiger partial charge is 0.264 e. The number of hydrazone groups is 1. The van der Waals surface area contributed by atoms with Crippen LogP contribution in [0.4, 0.5) is 5.69 Å². The molecule has 0 saturated heterocycles. The van der Waals surface area contributed by atoms with Gasteiger partial charge in [-0.3, -0.25) is 9.10 Å². The van der Waals surface area contributed by atoms with E-state index >= 15 is 0 Å². The van der Waals surface area contributed by atoms with Crippen molar-refractivity contribution >= 4 is 43.8 Å². The lowest BCUT2D eigenvalue weighted by atomic mass is 10.2. The molecule has 0 aromatic heterocycles. The summed E-state index contributed by atoms with van der Waals surface area (Å²) in [7, 11) is -1.29. The van der Waals surface area contributed by atoms with Gasteiger partial charge in [0.25, 0.3) is 15.9 Å². The molecular formula is C24H22BrN3O7S. The summed E-state index contributed by atoms with van der Waals surface area (Å²) in [6.45, 7) is -0.386. The molecule has 1 amide bonds. The van der Waals surface area contributed by atoms with Crippen molar-refractivity contribution in [3.05, 3.63) is 70.7 Å². The third kappa shape index (κ3) is 5.39. The van der Waals surface area contributed by atoms with Crippen molar-refractivity contribution in [1.82, 2.24) is 5.43 Å². The molecule has 1 aliphatic rings. The average Bonchev–Trinajstić information content (AvgIpc) is 3.34. The predicted molar refractivity (Wildman–Crippen MR) is 137 cm³/mol. The Kier molecular flexibility index (Phi) is 7.65. The Labute approximate surface area is 216 Å². The summed E-state index contributed by atoms with van der Waals surface area (Å²) in [5, 5.41) is 3.97. The van der Waals surface area contributed by atoms with Gasteiger partial charge >= 0.3 is 0 Å².